The van der Waals surface area contributed by atoms with Crippen molar-refractivity contribution >= 4 is 32.5 Å². The van der Waals surface area contributed by atoms with Crippen LogP contribution in [0.2, 0.25) is 0 Å². The van der Waals surface area contributed by atoms with Crippen molar-refractivity contribution < 1.29 is 13.2 Å². The number of piperazine rings is 1. The first-order valence-electron chi connectivity index (χ1n) is 11.6. The lowest BCUT2D eigenvalue weighted by Crippen LogP contribution is -2.50. The van der Waals surface area contributed by atoms with Gasteiger partial charge in [0.1, 0.15) is 6.04 Å². The van der Waals surface area contributed by atoms with Crippen molar-refractivity contribution in [1.29, 1.82) is 0 Å². The molecule has 2 fully saturated rings. The quantitative estimate of drug-likeness (QED) is 0.579. The average molecular weight is 467 g/mol. The number of hydrogen-bond acceptors (Lipinski definition) is 4. The van der Waals surface area contributed by atoms with Crippen LogP contribution in [-0.2, 0) is 14.8 Å². The molecule has 2 saturated heterocycles. The molecule has 33 heavy (non-hydrogen) atoms. The average Bonchev–Trinajstić information content (AvgIpc) is 3.54. The molecule has 0 spiro atoms. The second-order valence-electron chi connectivity index (χ2n) is 8.88. The van der Waals surface area contributed by atoms with Crippen molar-refractivity contribution in [1.82, 2.24) is 13.8 Å². The third kappa shape index (κ3) is 4.13. The van der Waals surface area contributed by atoms with E-state index in [9.17, 15) is 13.2 Å². The fourth-order valence-corrected chi connectivity index (χ4v) is 6.48. The zero-order valence-corrected chi connectivity index (χ0v) is 19.7. The Labute approximate surface area is 195 Å². The molecule has 1 atom stereocenters. The Morgan fingerprint density at radius 1 is 0.879 bits per heavy atom. The van der Waals surface area contributed by atoms with Crippen LogP contribution < -0.4 is 4.90 Å². The molecule has 2 aliphatic heterocycles. The Morgan fingerprint density at radius 3 is 2.27 bits per heavy atom. The van der Waals surface area contributed by atoms with Gasteiger partial charge in [-0.05, 0) is 56.2 Å². The van der Waals surface area contributed by atoms with E-state index < -0.39 is 10.0 Å². The molecular formula is C25H30N4O3S. The van der Waals surface area contributed by atoms with Crippen LogP contribution in [0.5, 0.6) is 0 Å². The molecule has 5 rings (SSSR count). The number of sulfonamides is 1. The van der Waals surface area contributed by atoms with Crippen LogP contribution >= 0.6 is 0 Å². The molecule has 8 heteroatoms. The number of rotatable bonds is 5. The summed E-state index contributed by atoms with van der Waals surface area (Å²) in [5.74, 6) is 0.0916. The van der Waals surface area contributed by atoms with Crippen LogP contribution in [0.3, 0.4) is 0 Å². The molecule has 7 nitrogen and oxygen atoms in total. The normalized spacial score (nSPS) is 18.7. The van der Waals surface area contributed by atoms with Crippen LogP contribution in [0, 0.1) is 0 Å². The maximum atomic E-state index is 13.3. The van der Waals surface area contributed by atoms with Crippen LogP contribution in [-0.4, -0.2) is 67.4 Å². The van der Waals surface area contributed by atoms with E-state index in [1.165, 1.54) is 5.69 Å². The molecule has 174 valence electrons. The monoisotopic (exact) mass is 466 g/mol. The van der Waals surface area contributed by atoms with Gasteiger partial charge >= 0.3 is 0 Å². The molecule has 0 saturated carbocycles. The van der Waals surface area contributed by atoms with Crippen molar-refractivity contribution in [2.24, 2.45) is 0 Å². The summed E-state index contributed by atoms with van der Waals surface area (Å²) in [7, 11) is -3.46. The molecule has 0 N–H and O–H groups in total. The Hall–Kier alpha value is -2.84. The maximum Gasteiger partial charge on any atom is 0.245 e. The molecule has 1 aromatic heterocycles. The van der Waals surface area contributed by atoms with Gasteiger partial charge in [0.2, 0.25) is 15.9 Å². The number of anilines is 1. The van der Waals surface area contributed by atoms with Gasteiger partial charge in [-0.15, -0.1) is 0 Å². The van der Waals surface area contributed by atoms with Gasteiger partial charge in [-0.2, -0.15) is 4.31 Å². The first kappa shape index (κ1) is 22.0. The number of carbonyl (C=O) groups is 1. The summed E-state index contributed by atoms with van der Waals surface area (Å²) in [6.07, 6.45) is 3.72. The third-order valence-electron chi connectivity index (χ3n) is 6.88. The first-order chi connectivity index (χ1) is 15.9. The lowest BCUT2D eigenvalue weighted by molar-refractivity contribution is -0.134. The molecule has 2 aliphatic rings. The predicted octanol–water partition coefficient (Wildman–Crippen LogP) is 3.34. The fraction of sp³-hybridized carbons (Fsp3) is 0.400. The largest absolute Gasteiger partial charge is 0.368 e. The number of carbonyl (C=O) groups excluding carboxylic acids is 1. The van der Waals surface area contributed by atoms with E-state index in [2.05, 4.69) is 17.0 Å². The summed E-state index contributed by atoms with van der Waals surface area (Å²) >= 11 is 0. The molecule has 2 aromatic carbocycles. The second-order valence-corrected chi connectivity index (χ2v) is 10.8. The first-order valence-corrected chi connectivity index (χ1v) is 13.1. The molecule has 3 aromatic rings. The number of para-hydroxylation sites is 1. The highest BCUT2D eigenvalue weighted by molar-refractivity contribution is 7.89. The van der Waals surface area contributed by atoms with Gasteiger partial charge in [0, 0.05) is 62.1 Å². The number of benzene rings is 2. The van der Waals surface area contributed by atoms with Gasteiger partial charge in [-0.3, -0.25) is 4.79 Å². The Morgan fingerprint density at radius 2 is 1.58 bits per heavy atom. The predicted molar refractivity (Wildman–Crippen MR) is 130 cm³/mol. The van der Waals surface area contributed by atoms with Crippen molar-refractivity contribution in [3.63, 3.8) is 0 Å². The topological polar surface area (TPSA) is 65.9 Å². The summed E-state index contributed by atoms with van der Waals surface area (Å²) < 4.78 is 29.3. The number of fused-ring (bicyclic) bond motifs is 1. The molecular weight excluding hydrogens is 436 g/mol. The van der Waals surface area contributed by atoms with Crippen molar-refractivity contribution in [3.05, 3.63) is 60.8 Å². The van der Waals surface area contributed by atoms with E-state index in [1.807, 2.05) is 52.9 Å². The van der Waals surface area contributed by atoms with E-state index in [4.69, 9.17) is 0 Å². The lowest BCUT2D eigenvalue weighted by atomic mass is 10.2. The van der Waals surface area contributed by atoms with Gasteiger partial charge in [0.15, 0.2) is 0 Å². The smallest absolute Gasteiger partial charge is 0.245 e. The van der Waals surface area contributed by atoms with E-state index in [0.717, 1.165) is 36.8 Å². The molecule has 0 radical (unpaired) electrons. The SMILES string of the molecule is C[C@H](C(=O)N1CCN(c2ccccc2)CC1)n1ccc2cc(S(=O)(=O)N3CCCC3)ccc21. The zero-order chi connectivity index (χ0) is 23.0. The van der Waals surface area contributed by atoms with Crippen LogP contribution in [0.4, 0.5) is 5.69 Å². The van der Waals surface area contributed by atoms with Crippen LogP contribution in [0.1, 0.15) is 25.8 Å². The minimum absolute atomic E-state index is 0.0916. The Bertz CT molecular complexity index is 1240. The number of aromatic nitrogens is 1. The minimum Gasteiger partial charge on any atom is -0.368 e. The molecule has 0 bridgehead atoms. The highest BCUT2D eigenvalue weighted by Crippen LogP contribution is 2.27. The van der Waals surface area contributed by atoms with Gasteiger partial charge in [0.05, 0.1) is 4.90 Å². The van der Waals surface area contributed by atoms with Crippen LogP contribution in [0.15, 0.2) is 65.7 Å². The number of amides is 1. The second kappa shape index (κ2) is 8.83. The highest BCUT2D eigenvalue weighted by Gasteiger charge is 2.29. The Balaban J connectivity index is 1.30. The number of nitrogens with zero attached hydrogens (tertiary/aromatic N) is 4. The van der Waals surface area contributed by atoms with Gasteiger partial charge < -0.3 is 14.4 Å². The van der Waals surface area contributed by atoms with Crippen molar-refractivity contribution in [2.45, 2.75) is 30.7 Å². The van der Waals surface area contributed by atoms with Crippen molar-refractivity contribution in [2.75, 3.05) is 44.2 Å². The summed E-state index contributed by atoms with van der Waals surface area (Å²) in [5, 5.41) is 0.837. The zero-order valence-electron chi connectivity index (χ0n) is 18.9. The number of hydrogen-bond donors (Lipinski definition) is 0. The lowest BCUT2D eigenvalue weighted by Gasteiger charge is -2.37. The van der Waals surface area contributed by atoms with E-state index in [-0.39, 0.29) is 11.9 Å². The minimum atomic E-state index is -3.46. The summed E-state index contributed by atoms with van der Waals surface area (Å²) in [4.78, 5) is 17.8. The highest BCUT2D eigenvalue weighted by atomic mass is 32.2. The van der Waals surface area contributed by atoms with E-state index in [0.29, 0.717) is 31.1 Å². The molecule has 3 heterocycles. The van der Waals surface area contributed by atoms with Gasteiger partial charge in [0.25, 0.3) is 0 Å². The Kier molecular flexibility index (Phi) is 5.88. The summed E-state index contributed by atoms with van der Waals surface area (Å²) in [6, 6.07) is 17.1. The van der Waals surface area contributed by atoms with E-state index >= 15 is 0 Å². The molecule has 0 unspecified atom stereocenters. The third-order valence-corrected chi connectivity index (χ3v) is 8.78. The van der Waals surface area contributed by atoms with Gasteiger partial charge in [-0.25, -0.2) is 8.42 Å². The molecule has 1 amide bonds. The summed E-state index contributed by atoms with van der Waals surface area (Å²) in [6.45, 7) is 6.10. The van der Waals surface area contributed by atoms with Crippen LogP contribution in [0.25, 0.3) is 10.9 Å². The standard InChI is InChI=1S/C25H30N4O3S/c1-20(25(30)27-17-15-26(16-18-27)22-7-3-2-4-8-22)29-14-11-21-19-23(9-10-24(21)29)33(31,32)28-12-5-6-13-28/h2-4,7-11,14,19-20H,5-6,12-13,15-18H2,1H3/t20-/m1/s1. The molecule has 0 aliphatic carbocycles. The summed E-state index contributed by atoms with van der Waals surface area (Å²) in [5.41, 5.74) is 2.06. The fourth-order valence-electron chi connectivity index (χ4n) is 4.92. The maximum absolute atomic E-state index is 13.3. The van der Waals surface area contributed by atoms with Gasteiger partial charge in [-0.1, -0.05) is 18.2 Å². The van der Waals surface area contributed by atoms with Crippen molar-refractivity contribution in [3.8, 4) is 0 Å². The van der Waals surface area contributed by atoms with E-state index in [1.54, 1.807) is 16.4 Å².